The minimum Gasteiger partial charge on any atom is -0.481 e. The molecule has 0 atom stereocenters. The maximum absolute atomic E-state index is 10.9. The van der Waals surface area contributed by atoms with E-state index in [1.807, 2.05) is 11.0 Å². The second-order valence-electron chi connectivity index (χ2n) is 4.78. The Labute approximate surface area is 121 Å². The number of nitrogens with zero attached hydrogens (tertiary/aromatic N) is 4. The zero-order valence-corrected chi connectivity index (χ0v) is 11.5. The molecule has 7 nitrogen and oxygen atoms in total. The molecule has 7 heteroatoms. The number of nitro groups is 1. The van der Waals surface area contributed by atoms with Crippen molar-refractivity contribution in [1.82, 2.24) is 9.97 Å². The highest BCUT2D eigenvalue weighted by atomic mass is 16.6. The summed E-state index contributed by atoms with van der Waals surface area (Å²) < 4.78 is 5.10. The van der Waals surface area contributed by atoms with Gasteiger partial charge in [0, 0.05) is 37.5 Å². The molecule has 2 heterocycles. The van der Waals surface area contributed by atoms with Crippen molar-refractivity contribution in [2.45, 2.75) is 13.0 Å². The first-order chi connectivity index (χ1) is 10.2. The number of non-ortho nitro benzene ring substituents is 1. The number of hydrogen-bond donors (Lipinski definition) is 0. The minimum absolute atomic E-state index is 0.113. The van der Waals surface area contributed by atoms with Gasteiger partial charge in [-0.1, -0.05) is 6.07 Å². The molecule has 1 aliphatic heterocycles. The number of ether oxygens (including phenoxy) is 1. The zero-order valence-electron chi connectivity index (χ0n) is 11.5. The number of rotatable bonds is 3. The quantitative estimate of drug-likeness (QED) is 0.633. The molecule has 1 aromatic carbocycles. The fourth-order valence-corrected chi connectivity index (χ4v) is 2.43. The van der Waals surface area contributed by atoms with Crippen LogP contribution in [0.3, 0.4) is 0 Å². The summed E-state index contributed by atoms with van der Waals surface area (Å²) in [4.78, 5) is 21.0. The van der Waals surface area contributed by atoms with Crippen molar-refractivity contribution in [3.05, 3.63) is 51.7 Å². The van der Waals surface area contributed by atoms with Crippen LogP contribution in [0.1, 0.15) is 11.1 Å². The maximum atomic E-state index is 10.9. The lowest BCUT2D eigenvalue weighted by molar-refractivity contribution is -0.384. The SMILES string of the molecule is COc1ccnc(N2CCc3ccc([N+](=O)[O-])cc3C2)n1. The molecule has 0 amide bonds. The van der Waals surface area contributed by atoms with Crippen LogP contribution in [0.4, 0.5) is 11.6 Å². The fraction of sp³-hybridized carbons (Fsp3) is 0.286. The molecule has 1 aliphatic rings. The van der Waals surface area contributed by atoms with Gasteiger partial charge in [0.15, 0.2) is 0 Å². The van der Waals surface area contributed by atoms with Crippen molar-refractivity contribution >= 4 is 11.6 Å². The van der Waals surface area contributed by atoms with Gasteiger partial charge in [0.05, 0.1) is 12.0 Å². The molecule has 0 radical (unpaired) electrons. The van der Waals surface area contributed by atoms with Gasteiger partial charge in [-0.3, -0.25) is 10.1 Å². The largest absolute Gasteiger partial charge is 0.481 e. The van der Waals surface area contributed by atoms with E-state index in [2.05, 4.69) is 9.97 Å². The second-order valence-corrected chi connectivity index (χ2v) is 4.78. The first kappa shape index (κ1) is 13.3. The predicted octanol–water partition coefficient (Wildman–Crippen LogP) is 1.96. The molecule has 0 unspecified atom stereocenters. The van der Waals surface area contributed by atoms with Crippen LogP contribution in [0, 0.1) is 10.1 Å². The molecule has 0 saturated heterocycles. The second kappa shape index (κ2) is 5.35. The molecule has 0 bridgehead atoms. The summed E-state index contributed by atoms with van der Waals surface area (Å²) in [5, 5.41) is 10.9. The highest BCUT2D eigenvalue weighted by molar-refractivity contribution is 5.45. The van der Waals surface area contributed by atoms with E-state index in [1.54, 1.807) is 31.5 Å². The predicted molar refractivity (Wildman–Crippen MR) is 76.4 cm³/mol. The van der Waals surface area contributed by atoms with Crippen LogP contribution in [-0.4, -0.2) is 28.5 Å². The van der Waals surface area contributed by atoms with E-state index in [1.165, 1.54) is 0 Å². The summed E-state index contributed by atoms with van der Waals surface area (Å²) >= 11 is 0. The third kappa shape index (κ3) is 2.62. The summed E-state index contributed by atoms with van der Waals surface area (Å²) in [5.41, 5.74) is 2.20. The minimum atomic E-state index is -0.374. The van der Waals surface area contributed by atoms with E-state index in [0.717, 1.165) is 24.1 Å². The third-order valence-corrected chi connectivity index (χ3v) is 3.52. The van der Waals surface area contributed by atoms with E-state index in [0.29, 0.717) is 18.4 Å². The standard InChI is InChI=1S/C14H14N4O3/c1-21-13-4-6-15-14(16-13)17-7-5-10-2-3-12(18(19)20)8-11(10)9-17/h2-4,6,8H,5,7,9H2,1H3. The molecule has 108 valence electrons. The van der Waals surface area contributed by atoms with Crippen LogP contribution in [0.5, 0.6) is 5.88 Å². The lowest BCUT2D eigenvalue weighted by atomic mass is 9.99. The summed E-state index contributed by atoms with van der Waals surface area (Å²) in [5.74, 6) is 1.08. The van der Waals surface area contributed by atoms with E-state index in [9.17, 15) is 10.1 Å². The Balaban J connectivity index is 1.89. The van der Waals surface area contributed by atoms with Crippen LogP contribution in [0.2, 0.25) is 0 Å². The Morgan fingerprint density at radius 3 is 2.95 bits per heavy atom. The maximum Gasteiger partial charge on any atom is 0.269 e. The molecule has 3 rings (SSSR count). The number of nitro benzene ring substituents is 1. The molecule has 0 saturated carbocycles. The lowest BCUT2D eigenvalue weighted by Gasteiger charge is -2.28. The van der Waals surface area contributed by atoms with Gasteiger partial charge in [-0.15, -0.1) is 0 Å². The number of hydrogen-bond acceptors (Lipinski definition) is 6. The number of anilines is 1. The molecule has 0 spiro atoms. The van der Waals surface area contributed by atoms with Crippen LogP contribution >= 0.6 is 0 Å². The van der Waals surface area contributed by atoms with Gasteiger partial charge in [0.25, 0.3) is 5.69 Å². The highest BCUT2D eigenvalue weighted by Gasteiger charge is 2.21. The summed E-state index contributed by atoms with van der Waals surface area (Å²) in [6.45, 7) is 1.34. The smallest absolute Gasteiger partial charge is 0.269 e. The van der Waals surface area contributed by atoms with E-state index >= 15 is 0 Å². The highest BCUT2D eigenvalue weighted by Crippen LogP contribution is 2.26. The molecule has 1 aromatic heterocycles. The zero-order chi connectivity index (χ0) is 14.8. The number of fused-ring (bicyclic) bond motifs is 1. The average Bonchev–Trinajstić information content (AvgIpc) is 2.53. The molecule has 21 heavy (non-hydrogen) atoms. The average molecular weight is 286 g/mol. The van der Waals surface area contributed by atoms with Gasteiger partial charge in [-0.25, -0.2) is 4.98 Å². The van der Waals surface area contributed by atoms with Gasteiger partial charge in [0.1, 0.15) is 0 Å². The summed E-state index contributed by atoms with van der Waals surface area (Å²) in [6, 6.07) is 6.70. The van der Waals surface area contributed by atoms with Crippen LogP contribution in [0.15, 0.2) is 30.5 Å². The normalized spacial score (nSPS) is 13.7. The Morgan fingerprint density at radius 2 is 2.19 bits per heavy atom. The lowest BCUT2D eigenvalue weighted by Crippen LogP contribution is -2.31. The van der Waals surface area contributed by atoms with Crippen LogP contribution < -0.4 is 9.64 Å². The first-order valence-electron chi connectivity index (χ1n) is 6.55. The van der Waals surface area contributed by atoms with E-state index in [-0.39, 0.29) is 10.6 Å². The van der Waals surface area contributed by atoms with Crippen molar-refractivity contribution < 1.29 is 9.66 Å². The number of aromatic nitrogens is 2. The third-order valence-electron chi connectivity index (χ3n) is 3.52. The Morgan fingerprint density at radius 1 is 1.33 bits per heavy atom. The van der Waals surface area contributed by atoms with Crippen molar-refractivity contribution in [3.63, 3.8) is 0 Å². The molecular formula is C14H14N4O3. The number of benzene rings is 1. The van der Waals surface area contributed by atoms with Gasteiger partial charge in [-0.2, -0.15) is 4.98 Å². The first-order valence-corrected chi connectivity index (χ1v) is 6.55. The Kier molecular flexibility index (Phi) is 3.39. The van der Waals surface area contributed by atoms with Crippen molar-refractivity contribution in [2.75, 3.05) is 18.6 Å². The van der Waals surface area contributed by atoms with E-state index in [4.69, 9.17) is 4.74 Å². The van der Waals surface area contributed by atoms with Crippen molar-refractivity contribution in [1.29, 1.82) is 0 Å². The molecule has 0 N–H and O–H groups in total. The Hall–Kier alpha value is -2.70. The molecular weight excluding hydrogens is 272 g/mol. The van der Waals surface area contributed by atoms with Crippen LogP contribution in [0.25, 0.3) is 0 Å². The summed E-state index contributed by atoms with van der Waals surface area (Å²) in [6.07, 6.45) is 2.46. The van der Waals surface area contributed by atoms with Gasteiger partial charge < -0.3 is 9.64 Å². The van der Waals surface area contributed by atoms with Crippen LogP contribution in [-0.2, 0) is 13.0 Å². The topological polar surface area (TPSA) is 81.4 Å². The van der Waals surface area contributed by atoms with Crippen molar-refractivity contribution in [3.8, 4) is 5.88 Å². The van der Waals surface area contributed by atoms with Gasteiger partial charge in [0.2, 0.25) is 11.8 Å². The fourth-order valence-electron chi connectivity index (χ4n) is 2.43. The molecule has 0 aliphatic carbocycles. The molecule has 0 fully saturated rings. The van der Waals surface area contributed by atoms with Crippen molar-refractivity contribution in [2.24, 2.45) is 0 Å². The summed E-state index contributed by atoms with van der Waals surface area (Å²) in [7, 11) is 1.56. The van der Waals surface area contributed by atoms with Gasteiger partial charge >= 0.3 is 0 Å². The van der Waals surface area contributed by atoms with Gasteiger partial charge in [-0.05, 0) is 17.5 Å². The van der Waals surface area contributed by atoms with E-state index < -0.39 is 0 Å². The monoisotopic (exact) mass is 286 g/mol. The molecule has 2 aromatic rings. The number of methoxy groups -OCH3 is 1. The Bertz CT molecular complexity index is 690.